The monoisotopic (exact) mass is 240 g/mol. The van der Waals surface area contributed by atoms with Crippen LogP contribution in [0.2, 0.25) is 0 Å². The van der Waals surface area contributed by atoms with Crippen LogP contribution in [0.5, 0.6) is 0 Å². The Morgan fingerprint density at radius 2 is 2.18 bits per heavy atom. The van der Waals surface area contributed by atoms with Crippen LogP contribution in [0.4, 0.5) is 0 Å². The molecule has 1 aliphatic rings. The Morgan fingerprint density at radius 1 is 1.53 bits per heavy atom. The Hall–Kier alpha value is -0.770. The SMILES string of the molecule is CCC(C)N(C)CCNC(=NC)NC1CC1C. The van der Waals surface area contributed by atoms with E-state index in [-0.39, 0.29) is 0 Å². The third kappa shape index (κ3) is 4.94. The topological polar surface area (TPSA) is 39.7 Å². The highest BCUT2D eigenvalue weighted by Crippen LogP contribution is 2.28. The fraction of sp³-hybridized carbons (Fsp3) is 0.923. The Bertz CT molecular complexity index is 252. The van der Waals surface area contributed by atoms with Crippen LogP contribution in [0.1, 0.15) is 33.6 Å². The highest BCUT2D eigenvalue weighted by molar-refractivity contribution is 5.80. The van der Waals surface area contributed by atoms with E-state index in [0.29, 0.717) is 12.1 Å². The second kappa shape index (κ2) is 6.84. The largest absolute Gasteiger partial charge is 0.355 e. The number of nitrogens with zero attached hydrogens (tertiary/aromatic N) is 2. The van der Waals surface area contributed by atoms with Crippen LogP contribution < -0.4 is 10.6 Å². The molecular weight excluding hydrogens is 212 g/mol. The second-order valence-electron chi connectivity index (χ2n) is 5.20. The van der Waals surface area contributed by atoms with Gasteiger partial charge in [0.2, 0.25) is 0 Å². The van der Waals surface area contributed by atoms with Gasteiger partial charge in [0.25, 0.3) is 0 Å². The van der Waals surface area contributed by atoms with Gasteiger partial charge in [-0.05, 0) is 32.7 Å². The van der Waals surface area contributed by atoms with E-state index in [0.717, 1.165) is 25.0 Å². The number of rotatable bonds is 6. The van der Waals surface area contributed by atoms with Crippen molar-refractivity contribution in [1.29, 1.82) is 0 Å². The summed E-state index contributed by atoms with van der Waals surface area (Å²) in [6, 6.07) is 1.28. The van der Waals surface area contributed by atoms with E-state index in [2.05, 4.69) is 48.3 Å². The molecule has 0 heterocycles. The summed E-state index contributed by atoms with van der Waals surface area (Å²) < 4.78 is 0. The summed E-state index contributed by atoms with van der Waals surface area (Å²) in [4.78, 5) is 6.62. The maximum atomic E-state index is 4.24. The van der Waals surface area contributed by atoms with Crippen LogP contribution in [0, 0.1) is 5.92 Å². The first kappa shape index (κ1) is 14.3. The molecule has 0 radical (unpaired) electrons. The van der Waals surface area contributed by atoms with Gasteiger partial charge in [0.1, 0.15) is 0 Å². The molecule has 0 bridgehead atoms. The van der Waals surface area contributed by atoms with Gasteiger partial charge < -0.3 is 15.5 Å². The van der Waals surface area contributed by atoms with Crippen molar-refractivity contribution in [1.82, 2.24) is 15.5 Å². The quantitative estimate of drug-likeness (QED) is 0.543. The van der Waals surface area contributed by atoms with E-state index in [9.17, 15) is 0 Å². The summed E-state index contributed by atoms with van der Waals surface area (Å²) in [6.07, 6.45) is 2.47. The minimum absolute atomic E-state index is 0.633. The van der Waals surface area contributed by atoms with Crippen molar-refractivity contribution in [2.24, 2.45) is 10.9 Å². The van der Waals surface area contributed by atoms with Gasteiger partial charge in [0.15, 0.2) is 5.96 Å². The van der Waals surface area contributed by atoms with Crippen molar-refractivity contribution in [3.63, 3.8) is 0 Å². The minimum atomic E-state index is 0.633. The number of hydrogen-bond acceptors (Lipinski definition) is 2. The molecule has 3 unspecified atom stereocenters. The molecule has 0 aliphatic heterocycles. The molecule has 0 saturated heterocycles. The summed E-state index contributed by atoms with van der Waals surface area (Å²) in [6.45, 7) is 8.75. The molecule has 100 valence electrons. The zero-order chi connectivity index (χ0) is 12.8. The molecule has 0 aromatic rings. The van der Waals surface area contributed by atoms with Crippen LogP contribution in [-0.2, 0) is 0 Å². The van der Waals surface area contributed by atoms with Crippen molar-refractivity contribution < 1.29 is 0 Å². The average Bonchev–Trinajstić information content (AvgIpc) is 3.02. The molecule has 17 heavy (non-hydrogen) atoms. The number of guanidine groups is 1. The van der Waals surface area contributed by atoms with Crippen molar-refractivity contribution >= 4 is 5.96 Å². The van der Waals surface area contributed by atoms with Crippen molar-refractivity contribution in [2.75, 3.05) is 27.2 Å². The molecule has 0 spiro atoms. The van der Waals surface area contributed by atoms with Gasteiger partial charge in [-0.15, -0.1) is 0 Å². The van der Waals surface area contributed by atoms with Crippen LogP contribution >= 0.6 is 0 Å². The maximum absolute atomic E-state index is 4.24. The molecule has 2 N–H and O–H groups in total. The number of likely N-dealkylation sites (N-methyl/N-ethyl adjacent to an activating group) is 1. The highest BCUT2D eigenvalue weighted by Gasteiger charge is 2.33. The third-order valence-corrected chi connectivity index (χ3v) is 3.76. The number of aliphatic imine (C=N–C) groups is 1. The first-order chi connectivity index (χ1) is 8.08. The van der Waals surface area contributed by atoms with Crippen LogP contribution in [-0.4, -0.2) is 50.1 Å². The van der Waals surface area contributed by atoms with Gasteiger partial charge in [-0.2, -0.15) is 0 Å². The summed E-state index contributed by atoms with van der Waals surface area (Å²) >= 11 is 0. The molecule has 1 aliphatic carbocycles. The lowest BCUT2D eigenvalue weighted by atomic mass is 10.2. The predicted octanol–water partition coefficient (Wildman–Crippen LogP) is 1.29. The van der Waals surface area contributed by atoms with Crippen LogP contribution in [0.3, 0.4) is 0 Å². The van der Waals surface area contributed by atoms with E-state index in [1.165, 1.54) is 12.8 Å². The van der Waals surface area contributed by atoms with Crippen molar-refractivity contribution in [3.05, 3.63) is 0 Å². The van der Waals surface area contributed by atoms with Gasteiger partial charge in [0.05, 0.1) is 0 Å². The van der Waals surface area contributed by atoms with Crippen LogP contribution in [0.15, 0.2) is 4.99 Å². The summed E-state index contributed by atoms with van der Waals surface area (Å²) in [5.41, 5.74) is 0. The van der Waals surface area contributed by atoms with Crippen molar-refractivity contribution in [3.8, 4) is 0 Å². The second-order valence-corrected chi connectivity index (χ2v) is 5.20. The first-order valence-electron chi connectivity index (χ1n) is 6.75. The highest BCUT2D eigenvalue weighted by atomic mass is 15.2. The standard InChI is InChI=1S/C13H28N4/c1-6-11(3)17(5)8-7-15-13(14-4)16-12-9-10(12)2/h10-12H,6-9H2,1-5H3,(H2,14,15,16). The van der Waals surface area contributed by atoms with E-state index >= 15 is 0 Å². The Kier molecular flexibility index (Phi) is 5.75. The lowest BCUT2D eigenvalue weighted by Crippen LogP contribution is -2.43. The summed E-state index contributed by atoms with van der Waals surface area (Å²) in [5, 5.41) is 6.80. The Morgan fingerprint density at radius 3 is 2.65 bits per heavy atom. The van der Waals surface area contributed by atoms with Gasteiger partial charge in [-0.25, -0.2) is 0 Å². The summed E-state index contributed by atoms with van der Waals surface area (Å²) in [7, 11) is 4.01. The van der Waals surface area contributed by atoms with Crippen LogP contribution in [0.25, 0.3) is 0 Å². The Labute approximate surface area is 106 Å². The molecule has 4 heteroatoms. The first-order valence-corrected chi connectivity index (χ1v) is 6.75. The van der Waals surface area contributed by atoms with Gasteiger partial charge in [0, 0.05) is 32.2 Å². The summed E-state index contributed by atoms with van der Waals surface area (Å²) in [5.74, 6) is 1.74. The van der Waals surface area contributed by atoms with Crippen molar-refractivity contribution in [2.45, 2.75) is 45.7 Å². The molecule has 0 amide bonds. The lowest BCUT2D eigenvalue weighted by Gasteiger charge is -2.24. The van der Waals surface area contributed by atoms with Gasteiger partial charge >= 0.3 is 0 Å². The average molecular weight is 240 g/mol. The fourth-order valence-corrected chi connectivity index (χ4v) is 1.78. The Balaban J connectivity index is 2.15. The zero-order valence-corrected chi connectivity index (χ0v) is 12.0. The number of hydrogen-bond donors (Lipinski definition) is 2. The lowest BCUT2D eigenvalue weighted by molar-refractivity contribution is 0.255. The molecule has 0 aromatic heterocycles. The molecule has 1 rings (SSSR count). The maximum Gasteiger partial charge on any atom is 0.191 e. The minimum Gasteiger partial charge on any atom is -0.355 e. The normalized spacial score (nSPS) is 25.9. The van der Waals surface area contributed by atoms with E-state index in [1.54, 1.807) is 0 Å². The molecule has 1 fully saturated rings. The molecule has 0 aromatic carbocycles. The fourth-order valence-electron chi connectivity index (χ4n) is 1.78. The van der Waals surface area contributed by atoms with Gasteiger partial charge in [-0.3, -0.25) is 4.99 Å². The molecular formula is C13H28N4. The zero-order valence-electron chi connectivity index (χ0n) is 12.0. The van der Waals surface area contributed by atoms with E-state index in [1.807, 2.05) is 7.05 Å². The third-order valence-electron chi connectivity index (χ3n) is 3.76. The van der Waals surface area contributed by atoms with E-state index < -0.39 is 0 Å². The predicted molar refractivity (Wildman–Crippen MR) is 74.4 cm³/mol. The van der Waals surface area contributed by atoms with Gasteiger partial charge in [-0.1, -0.05) is 13.8 Å². The smallest absolute Gasteiger partial charge is 0.191 e. The van der Waals surface area contributed by atoms with E-state index in [4.69, 9.17) is 0 Å². The molecule has 1 saturated carbocycles. The molecule has 3 atom stereocenters. The number of nitrogens with one attached hydrogen (secondary N) is 2. The molecule has 4 nitrogen and oxygen atoms in total.